The van der Waals surface area contributed by atoms with Crippen molar-refractivity contribution in [3.63, 3.8) is 0 Å². The van der Waals surface area contributed by atoms with Crippen LogP contribution in [0.2, 0.25) is 0 Å². The number of nitrogens with two attached hydrogens (primary N) is 1. The first-order chi connectivity index (χ1) is 7.25. The second-order valence-corrected chi connectivity index (χ2v) is 4.27. The molecule has 4 nitrogen and oxygen atoms in total. The van der Waals surface area contributed by atoms with Crippen molar-refractivity contribution < 1.29 is 4.74 Å². The Kier molecular flexibility index (Phi) is 3.38. The highest BCUT2D eigenvalue weighted by molar-refractivity contribution is 4.91. The molecule has 1 saturated carbocycles. The molecule has 0 saturated heterocycles. The smallest absolute Gasteiger partial charge is 0.110 e. The number of nitrogens with zero attached hydrogens (tertiary/aromatic N) is 2. The lowest BCUT2D eigenvalue weighted by atomic mass is 10.3. The normalized spacial score (nSPS) is 26.0. The van der Waals surface area contributed by atoms with Gasteiger partial charge in [0.15, 0.2) is 0 Å². The first-order valence-corrected chi connectivity index (χ1v) is 5.59. The van der Waals surface area contributed by atoms with E-state index < -0.39 is 0 Å². The molecule has 1 aliphatic carbocycles. The Morgan fingerprint density at radius 3 is 3.07 bits per heavy atom. The molecule has 15 heavy (non-hydrogen) atoms. The van der Waals surface area contributed by atoms with E-state index in [1.807, 2.05) is 24.0 Å². The number of rotatable bonds is 4. The van der Waals surface area contributed by atoms with Gasteiger partial charge in [0.1, 0.15) is 5.82 Å². The minimum atomic E-state index is 0.350. The third-order valence-electron chi connectivity index (χ3n) is 3.03. The van der Waals surface area contributed by atoms with E-state index in [1.165, 1.54) is 0 Å². The number of aryl methyl sites for hydroxylation is 1. The van der Waals surface area contributed by atoms with Crippen molar-refractivity contribution in [3.05, 3.63) is 18.2 Å². The van der Waals surface area contributed by atoms with Gasteiger partial charge in [-0.1, -0.05) is 0 Å². The molecule has 1 heterocycles. The minimum absolute atomic E-state index is 0.350. The Bertz CT molecular complexity index is 311. The molecule has 4 heteroatoms. The zero-order valence-electron chi connectivity index (χ0n) is 9.22. The summed E-state index contributed by atoms with van der Waals surface area (Å²) in [6.07, 6.45) is 8.27. The Labute approximate surface area is 90.4 Å². The molecule has 84 valence electrons. The predicted octanol–water partition coefficient (Wildman–Crippen LogP) is 0.859. The number of ether oxygens (including phenoxy) is 1. The molecule has 0 bridgehead atoms. The zero-order chi connectivity index (χ0) is 10.7. The summed E-state index contributed by atoms with van der Waals surface area (Å²) in [6, 6.07) is 0.350. The van der Waals surface area contributed by atoms with Crippen molar-refractivity contribution in [2.75, 3.05) is 6.61 Å². The molecule has 2 unspecified atom stereocenters. The van der Waals surface area contributed by atoms with Crippen LogP contribution in [0.3, 0.4) is 0 Å². The van der Waals surface area contributed by atoms with E-state index >= 15 is 0 Å². The van der Waals surface area contributed by atoms with Crippen molar-refractivity contribution in [1.82, 2.24) is 9.55 Å². The van der Waals surface area contributed by atoms with Crippen LogP contribution in [0.1, 0.15) is 25.1 Å². The fourth-order valence-electron chi connectivity index (χ4n) is 2.08. The average molecular weight is 209 g/mol. The van der Waals surface area contributed by atoms with E-state index in [4.69, 9.17) is 10.5 Å². The van der Waals surface area contributed by atoms with Crippen LogP contribution in [0.4, 0.5) is 0 Å². The summed E-state index contributed by atoms with van der Waals surface area (Å²) in [5.74, 6) is 1.08. The van der Waals surface area contributed by atoms with Gasteiger partial charge in [-0.2, -0.15) is 0 Å². The van der Waals surface area contributed by atoms with Crippen LogP contribution >= 0.6 is 0 Å². The van der Waals surface area contributed by atoms with Gasteiger partial charge in [-0.05, 0) is 19.3 Å². The molecule has 0 radical (unpaired) electrons. The minimum Gasteiger partial charge on any atom is -0.378 e. The highest BCUT2D eigenvalue weighted by atomic mass is 16.5. The molecule has 1 fully saturated rings. The van der Waals surface area contributed by atoms with E-state index in [1.54, 1.807) is 0 Å². The summed E-state index contributed by atoms with van der Waals surface area (Å²) < 4.78 is 7.80. The fourth-order valence-corrected chi connectivity index (χ4v) is 2.08. The van der Waals surface area contributed by atoms with Crippen LogP contribution in [-0.4, -0.2) is 28.3 Å². The summed E-state index contributed by atoms with van der Waals surface area (Å²) in [4.78, 5) is 4.25. The Morgan fingerprint density at radius 1 is 1.60 bits per heavy atom. The third-order valence-corrected chi connectivity index (χ3v) is 3.03. The third kappa shape index (κ3) is 2.79. The highest BCUT2D eigenvalue weighted by Gasteiger charge is 2.21. The lowest BCUT2D eigenvalue weighted by molar-refractivity contribution is 0.0587. The molecular formula is C11H19N3O. The number of aromatic nitrogens is 2. The van der Waals surface area contributed by atoms with E-state index in [-0.39, 0.29) is 0 Å². The molecule has 0 aliphatic heterocycles. The van der Waals surface area contributed by atoms with E-state index in [9.17, 15) is 0 Å². The van der Waals surface area contributed by atoms with Crippen LogP contribution in [-0.2, 0) is 18.2 Å². The van der Waals surface area contributed by atoms with Gasteiger partial charge in [-0.3, -0.25) is 0 Å². The Morgan fingerprint density at radius 2 is 2.47 bits per heavy atom. The van der Waals surface area contributed by atoms with Crippen LogP contribution in [0.25, 0.3) is 0 Å². The van der Waals surface area contributed by atoms with Crippen LogP contribution in [0, 0.1) is 0 Å². The lowest BCUT2D eigenvalue weighted by Crippen LogP contribution is -2.18. The molecule has 1 aromatic rings. The summed E-state index contributed by atoms with van der Waals surface area (Å²) >= 11 is 0. The zero-order valence-corrected chi connectivity index (χ0v) is 9.22. The molecule has 2 atom stereocenters. The second kappa shape index (κ2) is 4.77. The molecule has 0 amide bonds. The maximum atomic E-state index is 5.82. The van der Waals surface area contributed by atoms with Crippen molar-refractivity contribution in [2.24, 2.45) is 12.8 Å². The van der Waals surface area contributed by atoms with Gasteiger partial charge in [0.05, 0.1) is 12.7 Å². The van der Waals surface area contributed by atoms with Crippen LogP contribution in [0.15, 0.2) is 12.4 Å². The van der Waals surface area contributed by atoms with E-state index in [0.29, 0.717) is 12.1 Å². The topological polar surface area (TPSA) is 53.1 Å². The van der Waals surface area contributed by atoms with Gasteiger partial charge >= 0.3 is 0 Å². The predicted molar refractivity (Wildman–Crippen MR) is 58.5 cm³/mol. The van der Waals surface area contributed by atoms with Crippen molar-refractivity contribution >= 4 is 0 Å². The molecule has 1 aliphatic rings. The van der Waals surface area contributed by atoms with Gasteiger partial charge in [-0.25, -0.2) is 4.98 Å². The second-order valence-electron chi connectivity index (χ2n) is 4.27. The Balaban J connectivity index is 1.69. The summed E-state index contributed by atoms with van der Waals surface area (Å²) in [7, 11) is 2.01. The van der Waals surface area contributed by atoms with E-state index in [0.717, 1.165) is 38.1 Å². The SMILES string of the molecule is Cn1ccnc1CCOC1CCC(N)C1. The maximum Gasteiger partial charge on any atom is 0.110 e. The molecule has 0 aromatic carbocycles. The van der Waals surface area contributed by atoms with E-state index in [2.05, 4.69) is 4.98 Å². The maximum absolute atomic E-state index is 5.82. The van der Waals surface area contributed by atoms with Crippen molar-refractivity contribution in [1.29, 1.82) is 0 Å². The molecular weight excluding hydrogens is 190 g/mol. The first kappa shape index (κ1) is 10.6. The van der Waals surface area contributed by atoms with Crippen molar-refractivity contribution in [3.8, 4) is 0 Å². The molecule has 2 N–H and O–H groups in total. The number of hydrogen-bond acceptors (Lipinski definition) is 3. The Hall–Kier alpha value is -0.870. The highest BCUT2D eigenvalue weighted by Crippen LogP contribution is 2.20. The van der Waals surface area contributed by atoms with Gasteiger partial charge in [-0.15, -0.1) is 0 Å². The summed E-state index contributed by atoms with van der Waals surface area (Å²) in [6.45, 7) is 0.752. The van der Waals surface area contributed by atoms with Gasteiger partial charge in [0.2, 0.25) is 0 Å². The average Bonchev–Trinajstić information content (AvgIpc) is 2.77. The number of hydrogen-bond donors (Lipinski definition) is 1. The summed E-state index contributed by atoms with van der Waals surface area (Å²) in [5, 5.41) is 0. The number of imidazole rings is 1. The van der Waals surface area contributed by atoms with Gasteiger partial charge in [0.25, 0.3) is 0 Å². The largest absolute Gasteiger partial charge is 0.378 e. The van der Waals surface area contributed by atoms with Crippen LogP contribution in [0.5, 0.6) is 0 Å². The quantitative estimate of drug-likeness (QED) is 0.800. The van der Waals surface area contributed by atoms with Crippen molar-refractivity contribution in [2.45, 2.75) is 37.8 Å². The molecule has 2 rings (SSSR count). The first-order valence-electron chi connectivity index (χ1n) is 5.59. The molecule has 1 aromatic heterocycles. The standard InChI is InChI=1S/C11H19N3O/c1-14-6-5-13-11(14)4-7-15-10-3-2-9(12)8-10/h5-6,9-10H,2-4,7-8,12H2,1H3. The van der Waals surface area contributed by atoms with Gasteiger partial charge in [0, 0.05) is 31.9 Å². The molecule has 0 spiro atoms. The van der Waals surface area contributed by atoms with Crippen LogP contribution < -0.4 is 5.73 Å². The van der Waals surface area contributed by atoms with Gasteiger partial charge < -0.3 is 15.0 Å². The monoisotopic (exact) mass is 209 g/mol. The summed E-state index contributed by atoms with van der Waals surface area (Å²) in [5.41, 5.74) is 5.82. The fraction of sp³-hybridized carbons (Fsp3) is 0.727. The lowest BCUT2D eigenvalue weighted by Gasteiger charge is -2.11.